The van der Waals surface area contributed by atoms with Crippen LogP contribution >= 0.6 is 0 Å². The first-order valence-corrected chi connectivity index (χ1v) is 8.54. The Kier molecular flexibility index (Phi) is 4.67. The van der Waals surface area contributed by atoms with Crippen molar-refractivity contribution in [2.24, 2.45) is 0 Å². The van der Waals surface area contributed by atoms with Gasteiger partial charge >= 0.3 is 0 Å². The molecule has 0 aliphatic carbocycles. The summed E-state index contributed by atoms with van der Waals surface area (Å²) in [5.74, 6) is 3.03. The zero-order chi connectivity index (χ0) is 19.5. The molecule has 0 unspecified atom stereocenters. The quantitative estimate of drug-likeness (QED) is 0.550. The number of para-hydroxylation sites is 1. The number of anilines is 2. The molecule has 0 bridgehead atoms. The molecule has 0 saturated carbocycles. The zero-order valence-corrected chi connectivity index (χ0v) is 15.7. The first-order valence-electron chi connectivity index (χ1n) is 8.54. The van der Waals surface area contributed by atoms with Gasteiger partial charge in [-0.15, -0.1) is 0 Å². The Bertz CT molecular complexity index is 1100. The fraction of sp³-hybridized carbons (Fsp3) is 0.150. The molecule has 0 spiro atoms. The number of fused-ring (bicyclic) bond motifs is 1. The largest absolute Gasteiger partial charge is 0.493 e. The molecule has 2 heterocycles. The van der Waals surface area contributed by atoms with E-state index in [9.17, 15) is 0 Å². The molecule has 0 fully saturated rings. The van der Waals surface area contributed by atoms with Crippen molar-refractivity contribution in [3.8, 4) is 22.9 Å². The van der Waals surface area contributed by atoms with Crippen molar-refractivity contribution in [3.05, 3.63) is 55.2 Å². The third-order valence-electron chi connectivity index (χ3n) is 4.32. The lowest BCUT2D eigenvalue weighted by molar-refractivity contribution is 0.324. The molecule has 0 atom stereocenters. The number of ether oxygens (including phenoxy) is 3. The third-order valence-corrected chi connectivity index (χ3v) is 4.32. The van der Waals surface area contributed by atoms with Gasteiger partial charge in [-0.2, -0.15) is 0 Å². The van der Waals surface area contributed by atoms with Gasteiger partial charge in [0.1, 0.15) is 24.3 Å². The van der Waals surface area contributed by atoms with Crippen LogP contribution in [0.3, 0.4) is 0 Å². The second kappa shape index (κ2) is 7.43. The number of aromatic nitrogens is 4. The molecular formula is C20H19N5O3. The monoisotopic (exact) mass is 377 g/mol. The van der Waals surface area contributed by atoms with E-state index in [1.54, 1.807) is 27.7 Å². The predicted octanol–water partition coefficient (Wildman–Crippen LogP) is 3.58. The molecule has 0 amide bonds. The molecule has 2 aromatic heterocycles. The Hall–Kier alpha value is -3.81. The first kappa shape index (κ1) is 17.6. The predicted molar refractivity (Wildman–Crippen MR) is 106 cm³/mol. The van der Waals surface area contributed by atoms with Crippen molar-refractivity contribution >= 4 is 22.5 Å². The third kappa shape index (κ3) is 3.16. The van der Waals surface area contributed by atoms with Crippen LogP contribution in [0.5, 0.6) is 17.2 Å². The fourth-order valence-corrected chi connectivity index (χ4v) is 2.97. The van der Waals surface area contributed by atoms with Crippen LogP contribution in [0.1, 0.15) is 0 Å². The van der Waals surface area contributed by atoms with Crippen LogP contribution in [0.25, 0.3) is 16.6 Å². The van der Waals surface area contributed by atoms with E-state index in [0.717, 1.165) is 16.6 Å². The van der Waals surface area contributed by atoms with E-state index in [2.05, 4.69) is 20.3 Å². The highest BCUT2D eigenvalue weighted by Gasteiger charge is 2.14. The molecule has 28 heavy (non-hydrogen) atoms. The Morgan fingerprint density at radius 1 is 0.893 bits per heavy atom. The molecule has 142 valence electrons. The highest BCUT2D eigenvalue weighted by atomic mass is 16.5. The van der Waals surface area contributed by atoms with E-state index in [-0.39, 0.29) is 0 Å². The van der Waals surface area contributed by atoms with Gasteiger partial charge in [0, 0.05) is 17.5 Å². The van der Waals surface area contributed by atoms with Gasteiger partial charge in [0.2, 0.25) is 5.75 Å². The zero-order valence-electron chi connectivity index (χ0n) is 15.7. The highest BCUT2D eigenvalue weighted by Crippen LogP contribution is 2.39. The Labute approximate surface area is 161 Å². The molecular weight excluding hydrogens is 358 g/mol. The Morgan fingerprint density at radius 3 is 2.36 bits per heavy atom. The maximum atomic E-state index is 5.42. The lowest BCUT2D eigenvalue weighted by atomic mass is 10.2. The number of benzene rings is 2. The van der Waals surface area contributed by atoms with Gasteiger partial charge in [-0.05, 0) is 12.1 Å². The lowest BCUT2D eigenvalue weighted by Crippen LogP contribution is -1.99. The number of nitrogens with one attached hydrogen (secondary N) is 1. The minimum atomic E-state index is 0.541. The van der Waals surface area contributed by atoms with E-state index in [1.165, 1.54) is 6.33 Å². The molecule has 0 saturated heterocycles. The van der Waals surface area contributed by atoms with Gasteiger partial charge in [-0.1, -0.05) is 12.1 Å². The molecule has 0 aliphatic rings. The van der Waals surface area contributed by atoms with Crippen LogP contribution in [-0.4, -0.2) is 40.8 Å². The summed E-state index contributed by atoms with van der Waals surface area (Å²) in [7, 11) is 4.75. The van der Waals surface area contributed by atoms with Gasteiger partial charge in [0.25, 0.3) is 0 Å². The van der Waals surface area contributed by atoms with Gasteiger partial charge in [-0.3, -0.25) is 0 Å². The topological polar surface area (TPSA) is 83.3 Å². The SMILES string of the molecule is COc1cc(-n2cnc(Nc3ncnc4ccccc34)c2)cc(OC)c1OC. The number of hydrogen-bond donors (Lipinski definition) is 1. The average Bonchev–Trinajstić information content (AvgIpc) is 3.21. The number of imidazole rings is 1. The summed E-state index contributed by atoms with van der Waals surface area (Å²) in [5.41, 5.74) is 1.69. The minimum absolute atomic E-state index is 0.541. The number of rotatable bonds is 6. The van der Waals surface area contributed by atoms with Gasteiger partial charge in [0.05, 0.1) is 38.7 Å². The van der Waals surface area contributed by atoms with Crippen LogP contribution in [-0.2, 0) is 0 Å². The Morgan fingerprint density at radius 2 is 1.64 bits per heavy atom. The summed E-state index contributed by atoms with van der Waals surface area (Å²) in [6.45, 7) is 0. The molecule has 2 aromatic carbocycles. The highest BCUT2D eigenvalue weighted by molar-refractivity contribution is 5.90. The van der Waals surface area contributed by atoms with Crippen molar-refractivity contribution in [1.82, 2.24) is 19.5 Å². The smallest absolute Gasteiger partial charge is 0.203 e. The lowest BCUT2D eigenvalue weighted by Gasteiger charge is -2.14. The molecule has 8 heteroatoms. The summed E-state index contributed by atoms with van der Waals surface area (Å²) >= 11 is 0. The van der Waals surface area contributed by atoms with Crippen LogP contribution < -0.4 is 19.5 Å². The minimum Gasteiger partial charge on any atom is -0.493 e. The van der Waals surface area contributed by atoms with Gasteiger partial charge in [-0.25, -0.2) is 15.0 Å². The maximum absolute atomic E-state index is 5.42. The van der Waals surface area contributed by atoms with E-state index in [0.29, 0.717) is 28.9 Å². The van der Waals surface area contributed by atoms with Crippen LogP contribution in [0.15, 0.2) is 55.2 Å². The van der Waals surface area contributed by atoms with Crippen molar-refractivity contribution in [1.29, 1.82) is 0 Å². The second-order valence-corrected chi connectivity index (χ2v) is 5.91. The average molecular weight is 377 g/mol. The summed E-state index contributed by atoms with van der Waals surface area (Å²) in [6.07, 6.45) is 5.09. The molecule has 4 aromatic rings. The van der Waals surface area contributed by atoms with Crippen LogP contribution in [0, 0.1) is 0 Å². The van der Waals surface area contributed by atoms with E-state index >= 15 is 0 Å². The van der Waals surface area contributed by atoms with Crippen LogP contribution in [0.4, 0.5) is 11.6 Å². The van der Waals surface area contributed by atoms with Crippen molar-refractivity contribution in [3.63, 3.8) is 0 Å². The van der Waals surface area contributed by atoms with E-state index in [1.807, 2.05) is 47.2 Å². The van der Waals surface area contributed by atoms with Crippen molar-refractivity contribution in [2.45, 2.75) is 0 Å². The maximum Gasteiger partial charge on any atom is 0.203 e. The fourth-order valence-electron chi connectivity index (χ4n) is 2.97. The normalized spacial score (nSPS) is 10.7. The molecule has 0 radical (unpaired) electrons. The number of hydrogen-bond acceptors (Lipinski definition) is 7. The van der Waals surface area contributed by atoms with Crippen molar-refractivity contribution < 1.29 is 14.2 Å². The number of methoxy groups -OCH3 is 3. The molecule has 4 rings (SSSR count). The first-order chi connectivity index (χ1) is 13.7. The van der Waals surface area contributed by atoms with E-state index in [4.69, 9.17) is 14.2 Å². The van der Waals surface area contributed by atoms with Crippen LogP contribution in [0.2, 0.25) is 0 Å². The summed E-state index contributed by atoms with van der Waals surface area (Å²) in [5, 5.41) is 4.17. The summed E-state index contributed by atoms with van der Waals surface area (Å²) in [6, 6.07) is 11.5. The second-order valence-electron chi connectivity index (χ2n) is 5.91. The molecule has 0 aliphatic heterocycles. The van der Waals surface area contributed by atoms with Crippen molar-refractivity contribution in [2.75, 3.05) is 26.6 Å². The van der Waals surface area contributed by atoms with E-state index < -0.39 is 0 Å². The standard InChI is InChI=1S/C20H19N5O3/c1-26-16-8-13(9-17(27-2)19(16)28-3)25-10-18(23-12-25)24-20-14-6-4-5-7-15(14)21-11-22-20/h4-12H,1-3H3,(H,21,22,24). The summed E-state index contributed by atoms with van der Waals surface area (Å²) in [4.78, 5) is 13.0. The Balaban J connectivity index is 1.68. The summed E-state index contributed by atoms with van der Waals surface area (Å²) < 4.78 is 18.1. The molecule has 8 nitrogen and oxygen atoms in total. The van der Waals surface area contributed by atoms with Gasteiger partial charge in [0.15, 0.2) is 11.5 Å². The van der Waals surface area contributed by atoms with Gasteiger partial charge < -0.3 is 24.1 Å². The number of nitrogens with zero attached hydrogens (tertiary/aromatic N) is 4. The molecule has 1 N–H and O–H groups in total.